The molecule has 0 aliphatic carbocycles. The van der Waals surface area contributed by atoms with Crippen LogP contribution in [-0.4, -0.2) is 30.8 Å². The van der Waals surface area contributed by atoms with E-state index in [1.807, 2.05) is 30.3 Å². The molecule has 2 heterocycles. The van der Waals surface area contributed by atoms with Gasteiger partial charge in [0.1, 0.15) is 0 Å². The molecular formula is C11H9ClN6. The Hall–Kier alpha value is -2.21. The van der Waals surface area contributed by atoms with E-state index in [4.69, 9.17) is 11.6 Å². The van der Waals surface area contributed by atoms with Crippen molar-refractivity contribution in [2.24, 2.45) is 0 Å². The van der Waals surface area contributed by atoms with Crippen molar-refractivity contribution in [2.75, 3.05) is 0 Å². The average Bonchev–Trinajstić information content (AvgIpc) is 3.02. The van der Waals surface area contributed by atoms with Crippen molar-refractivity contribution >= 4 is 11.6 Å². The van der Waals surface area contributed by atoms with E-state index >= 15 is 0 Å². The lowest BCUT2D eigenvalue weighted by Crippen LogP contribution is -1.91. The number of hydrogen-bond donors (Lipinski definition) is 2. The quantitative estimate of drug-likeness (QED) is 0.753. The predicted molar refractivity (Wildman–Crippen MR) is 66.0 cm³/mol. The van der Waals surface area contributed by atoms with Crippen LogP contribution < -0.4 is 0 Å². The molecule has 3 rings (SSSR count). The third-order valence-electron chi connectivity index (χ3n) is 2.51. The van der Waals surface area contributed by atoms with Crippen LogP contribution in [0.25, 0.3) is 11.3 Å². The van der Waals surface area contributed by atoms with Crippen LogP contribution >= 0.6 is 11.6 Å². The third-order valence-corrected chi connectivity index (χ3v) is 2.76. The highest BCUT2D eigenvalue weighted by molar-refractivity contribution is 6.30. The maximum atomic E-state index is 5.84. The zero-order chi connectivity index (χ0) is 12.4. The second kappa shape index (κ2) is 4.58. The van der Waals surface area contributed by atoms with Crippen LogP contribution in [0.1, 0.15) is 11.5 Å². The van der Waals surface area contributed by atoms with Crippen LogP contribution in [0.3, 0.4) is 0 Å². The van der Waals surface area contributed by atoms with E-state index in [1.54, 1.807) is 0 Å². The highest BCUT2D eigenvalue weighted by atomic mass is 35.5. The van der Waals surface area contributed by atoms with Crippen LogP contribution in [0, 0.1) is 0 Å². The number of tetrazole rings is 1. The zero-order valence-electron chi connectivity index (χ0n) is 9.26. The Bertz CT molecular complexity index is 628. The summed E-state index contributed by atoms with van der Waals surface area (Å²) in [7, 11) is 0. The smallest absolute Gasteiger partial charge is 0.180 e. The van der Waals surface area contributed by atoms with Crippen LogP contribution in [-0.2, 0) is 6.42 Å². The van der Waals surface area contributed by atoms with E-state index in [0.29, 0.717) is 17.3 Å². The van der Waals surface area contributed by atoms with Gasteiger partial charge >= 0.3 is 0 Å². The molecule has 0 radical (unpaired) electrons. The summed E-state index contributed by atoms with van der Waals surface area (Å²) < 4.78 is 0. The highest BCUT2D eigenvalue weighted by Crippen LogP contribution is 2.20. The summed E-state index contributed by atoms with van der Waals surface area (Å²) in [6.07, 6.45) is 0.567. The molecule has 0 aliphatic heterocycles. The number of benzene rings is 1. The molecule has 7 heteroatoms. The fourth-order valence-corrected chi connectivity index (χ4v) is 1.77. The fourth-order valence-electron chi connectivity index (χ4n) is 1.65. The van der Waals surface area contributed by atoms with E-state index < -0.39 is 0 Å². The molecule has 2 aromatic heterocycles. The van der Waals surface area contributed by atoms with Crippen molar-refractivity contribution in [3.63, 3.8) is 0 Å². The Morgan fingerprint density at radius 3 is 2.67 bits per heavy atom. The van der Waals surface area contributed by atoms with Crippen LogP contribution in [0.5, 0.6) is 0 Å². The largest absolute Gasteiger partial charge is 0.281 e. The first-order valence-electron chi connectivity index (χ1n) is 5.34. The summed E-state index contributed by atoms with van der Waals surface area (Å²) in [4.78, 5) is 0. The fraction of sp³-hybridized carbons (Fsp3) is 0.0909. The first kappa shape index (κ1) is 10.9. The number of aromatic amines is 2. The van der Waals surface area contributed by atoms with Gasteiger partial charge in [0, 0.05) is 16.3 Å². The standard InChI is InChI=1S/C11H9ClN6/c12-8-3-1-7(2-4-8)10-5-9(13-14-10)6-11-15-17-18-16-11/h1-5H,6H2,(H,13,14)(H,15,16,17,18). The van der Waals surface area contributed by atoms with Gasteiger partial charge in [0.2, 0.25) is 0 Å². The first-order chi connectivity index (χ1) is 8.81. The molecule has 0 unspecified atom stereocenters. The molecule has 18 heavy (non-hydrogen) atoms. The van der Waals surface area contributed by atoms with Gasteiger partial charge in [0.05, 0.1) is 12.1 Å². The maximum Gasteiger partial charge on any atom is 0.180 e. The molecule has 0 amide bonds. The Morgan fingerprint density at radius 1 is 1.11 bits per heavy atom. The van der Waals surface area contributed by atoms with Gasteiger partial charge in [-0.3, -0.25) is 5.10 Å². The molecule has 3 aromatic rings. The lowest BCUT2D eigenvalue weighted by Gasteiger charge is -1.95. The van der Waals surface area contributed by atoms with Gasteiger partial charge in [0.25, 0.3) is 0 Å². The van der Waals surface area contributed by atoms with E-state index in [1.165, 1.54) is 0 Å². The van der Waals surface area contributed by atoms with Gasteiger partial charge in [0.15, 0.2) is 5.82 Å². The Morgan fingerprint density at radius 2 is 1.94 bits per heavy atom. The minimum Gasteiger partial charge on any atom is -0.281 e. The SMILES string of the molecule is Clc1ccc(-c2cc(Cc3nn[nH]n3)[nH]n2)cc1. The molecule has 1 aromatic carbocycles. The molecule has 90 valence electrons. The minimum atomic E-state index is 0.567. The van der Waals surface area contributed by atoms with Gasteiger partial charge in [-0.15, -0.1) is 10.2 Å². The second-order valence-corrected chi connectivity index (χ2v) is 4.23. The van der Waals surface area contributed by atoms with E-state index in [0.717, 1.165) is 17.0 Å². The zero-order valence-corrected chi connectivity index (χ0v) is 10.0. The molecule has 2 N–H and O–H groups in total. The van der Waals surface area contributed by atoms with E-state index in [2.05, 4.69) is 30.8 Å². The molecule has 0 saturated heterocycles. The van der Waals surface area contributed by atoms with Crippen molar-refractivity contribution in [3.8, 4) is 11.3 Å². The normalized spacial score (nSPS) is 10.7. The lowest BCUT2D eigenvalue weighted by atomic mass is 10.1. The molecule has 0 saturated carbocycles. The number of hydrogen-bond acceptors (Lipinski definition) is 4. The molecule has 0 atom stereocenters. The molecule has 0 aliphatic rings. The number of aromatic nitrogens is 6. The summed E-state index contributed by atoms with van der Waals surface area (Å²) in [6.45, 7) is 0. The molecule has 0 fully saturated rings. The van der Waals surface area contributed by atoms with Crippen molar-refractivity contribution in [1.29, 1.82) is 0 Å². The molecule has 0 bridgehead atoms. The molecule has 6 nitrogen and oxygen atoms in total. The topological polar surface area (TPSA) is 83.1 Å². The lowest BCUT2D eigenvalue weighted by molar-refractivity contribution is 0.881. The Kier molecular flexibility index (Phi) is 2.77. The Balaban J connectivity index is 1.83. The summed E-state index contributed by atoms with van der Waals surface area (Å²) in [5.74, 6) is 0.626. The van der Waals surface area contributed by atoms with Gasteiger partial charge in [-0.25, -0.2) is 0 Å². The average molecular weight is 261 g/mol. The van der Waals surface area contributed by atoms with Crippen LogP contribution in [0.4, 0.5) is 0 Å². The number of halogens is 1. The summed E-state index contributed by atoms with van der Waals surface area (Å²) in [6, 6.07) is 9.49. The highest BCUT2D eigenvalue weighted by Gasteiger charge is 2.06. The van der Waals surface area contributed by atoms with Crippen LogP contribution in [0.2, 0.25) is 5.02 Å². The van der Waals surface area contributed by atoms with Gasteiger partial charge in [-0.2, -0.15) is 10.3 Å². The van der Waals surface area contributed by atoms with Gasteiger partial charge in [-0.05, 0) is 18.2 Å². The van der Waals surface area contributed by atoms with Crippen LogP contribution in [0.15, 0.2) is 30.3 Å². The Labute approximate surface area is 107 Å². The van der Waals surface area contributed by atoms with Crippen molar-refractivity contribution in [1.82, 2.24) is 30.8 Å². The van der Waals surface area contributed by atoms with E-state index in [9.17, 15) is 0 Å². The second-order valence-electron chi connectivity index (χ2n) is 3.79. The number of H-pyrrole nitrogens is 2. The maximum absolute atomic E-state index is 5.84. The van der Waals surface area contributed by atoms with Gasteiger partial charge in [-0.1, -0.05) is 28.9 Å². The summed E-state index contributed by atoms with van der Waals surface area (Å²) >= 11 is 5.84. The predicted octanol–water partition coefficient (Wildman–Crippen LogP) is 1.83. The molecular weight excluding hydrogens is 252 g/mol. The van der Waals surface area contributed by atoms with Gasteiger partial charge < -0.3 is 0 Å². The number of nitrogens with one attached hydrogen (secondary N) is 2. The first-order valence-corrected chi connectivity index (χ1v) is 5.71. The van der Waals surface area contributed by atoms with E-state index in [-0.39, 0.29) is 0 Å². The van der Waals surface area contributed by atoms with Crippen molar-refractivity contribution in [2.45, 2.75) is 6.42 Å². The third kappa shape index (κ3) is 2.23. The monoisotopic (exact) mass is 260 g/mol. The number of nitrogens with zero attached hydrogens (tertiary/aromatic N) is 4. The summed E-state index contributed by atoms with van der Waals surface area (Å²) in [5, 5.41) is 21.6. The molecule has 0 spiro atoms. The minimum absolute atomic E-state index is 0.567. The van der Waals surface area contributed by atoms with Crippen molar-refractivity contribution in [3.05, 3.63) is 46.9 Å². The summed E-state index contributed by atoms with van der Waals surface area (Å²) in [5.41, 5.74) is 2.81. The van der Waals surface area contributed by atoms with Crippen molar-refractivity contribution < 1.29 is 0 Å². The number of rotatable bonds is 3.